The summed E-state index contributed by atoms with van der Waals surface area (Å²) in [5.41, 5.74) is 1.19. The molecule has 0 spiro atoms. The van der Waals surface area contributed by atoms with Crippen molar-refractivity contribution in [2.45, 2.75) is 33.4 Å². The van der Waals surface area contributed by atoms with Crippen LogP contribution in [0.5, 0.6) is 0 Å². The van der Waals surface area contributed by atoms with Gasteiger partial charge in [0, 0.05) is 32.9 Å². The Kier molecular flexibility index (Phi) is 5.93. The van der Waals surface area contributed by atoms with Gasteiger partial charge < -0.3 is 10.6 Å². The number of hydrogen-bond acceptors (Lipinski definition) is 4. The third-order valence-corrected chi connectivity index (χ3v) is 3.15. The van der Waals surface area contributed by atoms with Gasteiger partial charge in [-0.15, -0.1) is 0 Å². The number of rotatable bonds is 7. The zero-order valence-electron chi connectivity index (χ0n) is 13.5. The van der Waals surface area contributed by atoms with Crippen molar-refractivity contribution in [2.75, 3.05) is 13.1 Å². The van der Waals surface area contributed by atoms with E-state index in [-0.39, 0.29) is 0 Å². The van der Waals surface area contributed by atoms with Crippen molar-refractivity contribution in [1.82, 2.24) is 35.2 Å². The Balaban J connectivity index is 1.77. The Hall–Kier alpha value is -2.38. The monoisotopic (exact) mass is 304 g/mol. The summed E-state index contributed by atoms with van der Waals surface area (Å²) in [5, 5.41) is 14.9. The average Bonchev–Trinajstić information content (AvgIpc) is 3.09. The number of aliphatic imine (C=N–C) groups is 1. The van der Waals surface area contributed by atoms with Crippen molar-refractivity contribution in [3.8, 4) is 0 Å². The number of aromatic nitrogens is 5. The lowest BCUT2D eigenvalue weighted by molar-refractivity contribution is 0.570. The SMILES string of the molecule is CCNC(=NCc1ncnn1C)NCCCn1cc(C)cn1. The smallest absolute Gasteiger partial charge is 0.191 e. The van der Waals surface area contributed by atoms with Gasteiger partial charge in [-0.2, -0.15) is 10.2 Å². The van der Waals surface area contributed by atoms with E-state index in [2.05, 4.69) is 30.8 Å². The van der Waals surface area contributed by atoms with Gasteiger partial charge in [-0.25, -0.2) is 9.98 Å². The van der Waals surface area contributed by atoms with Crippen LogP contribution in [0.2, 0.25) is 0 Å². The molecule has 0 amide bonds. The van der Waals surface area contributed by atoms with Crippen LogP contribution in [0.15, 0.2) is 23.7 Å². The number of aryl methyl sites for hydroxylation is 3. The van der Waals surface area contributed by atoms with Gasteiger partial charge in [0.15, 0.2) is 5.96 Å². The molecule has 0 radical (unpaired) electrons. The highest BCUT2D eigenvalue weighted by atomic mass is 15.3. The Labute approximate surface area is 130 Å². The summed E-state index contributed by atoms with van der Waals surface area (Å²) in [4.78, 5) is 8.68. The summed E-state index contributed by atoms with van der Waals surface area (Å²) < 4.78 is 3.69. The molecule has 0 aliphatic rings. The summed E-state index contributed by atoms with van der Waals surface area (Å²) in [5.74, 6) is 1.63. The van der Waals surface area contributed by atoms with Crippen molar-refractivity contribution >= 4 is 5.96 Å². The molecule has 0 aliphatic carbocycles. The van der Waals surface area contributed by atoms with Gasteiger partial charge in [0.25, 0.3) is 0 Å². The fraction of sp³-hybridized carbons (Fsp3) is 0.571. The third-order valence-electron chi connectivity index (χ3n) is 3.15. The molecule has 22 heavy (non-hydrogen) atoms. The van der Waals surface area contributed by atoms with Crippen LogP contribution < -0.4 is 10.6 Å². The Morgan fingerprint density at radius 1 is 1.32 bits per heavy atom. The van der Waals surface area contributed by atoms with Gasteiger partial charge in [0.2, 0.25) is 0 Å². The molecule has 0 atom stereocenters. The zero-order chi connectivity index (χ0) is 15.8. The van der Waals surface area contributed by atoms with Crippen molar-refractivity contribution < 1.29 is 0 Å². The van der Waals surface area contributed by atoms with Gasteiger partial charge in [0.1, 0.15) is 18.7 Å². The molecule has 0 saturated carbocycles. The minimum atomic E-state index is 0.504. The molecule has 2 N–H and O–H groups in total. The molecule has 0 unspecified atom stereocenters. The highest BCUT2D eigenvalue weighted by Gasteiger charge is 2.01. The second-order valence-corrected chi connectivity index (χ2v) is 5.06. The van der Waals surface area contributed by atoms with Gasteiger partial charge in [-0.05, 0) is 25.8 Å². The normalized spacial score (nSPS) is 11.7. The molecule has 0 saturated heterocycles. The molecule has 2 aromatic rings. The highest BCUT2D eigenvalue weighted by Crippen LogP contribution is 1.96. The van der Waals surface area contributed by atoms with E-state index < -0.39 is 0 Å². The number of guanidine groups is 1. The van der Waals surface area contributed by atoms with Crippen molar-refractivity contribution in [1.29, 1.82) is 0 Å². The van der Waals surface area contributed by atoms with Gasteiger partial charge >= 0.3 is 0 Å². The molecule has 0 fully saturated rings. The van der Waals surface area contributed by atoms with Crippen LogP contribution in [0.25, 0.3) is 0 Å². The van der Waals surface area contributed by atoms with Crippen LogP contribution in [-0.2, 0) is 20.1 Å². The average molecular weight is 304 g/mol. The lowest BCUT2D eigenvalue weighted by Crippen LogP contribution is -2.38. The maximum atomic E-state index is 4.51. The fourth-order valence-electron chi connectivity index (χ4n) is 1.99. The second kappa shape index (κ2) is 8.16. The van der Waals surface area contributed by atoms with Gasteiger partial charge in [-0.3, -0.25) is 9.36 Å². The van der Waals surface area contributed by atoms with E-state index >= 15 is 0 Å². The van der Waals surface area contributed by atoms with Crippen LogP contribution >= 0.6 is 0 Å². The first kappa shape index (κ1) is 16.0. The molecule has 0 aromatic carbocycles. The first-order valence-corrected chi connectivity index (χ1v) is 7.53. The predicted octanol–water partition coefficient (Wildman–Crippen LogP) is 0.465. The topological polar surface area (TPSA) is 85.0 Å². The minimum Gasteiger partial charge on any atom is -0.357 e. The quantitative estimate of drug-likeness (QED) is 0.441. The van der Waals surface area contributed by atoms with Crippen LogP contribution in [0, 0.1) is 6.92 Å². The van der Waals surface area contributed by atoms with Crippen LogP contribution in [-0.4, -0.2) is 43.6 Å². The van der Waals surface area contributed by atoms with Gasteiger partial charge in [-0.1, -0.05) is 0 Å². The van der Waals surface area contributed by atoms with E-state index in [9.17, 15) is 0 Å². The van der Waals surface area contributed by atoms with Crippen LogP contribution in [0.4, 0.5) is 0 Å². The summed E-state index contributed by atoms with van der Waals surface area (Å²) >= 11 is 0. The van der Waals surface area contributed by atoms with E-state index in [4.69, 9.17) is 0 Å². The standard InChI is InChI=1S/C14H24N8/c1-4-15-14(17-9-13-18-11-20-21(13)3)16-6-5-7-22-10-12(2)8-19-22/h8,10-11H,4-7,9H2,1-3H3,(H2,15,16,17). The molecule has 2 rings (SSSR count). The lowest BCUT2D eigenvalue weighted by Gasteiger charge is -2.11. The molecule has 2 heterocycles. The summed E-state index contributed by atoms with van der Waals surface area (Å²) in [6.07, 6.45) is 6.44. The third kappa shape index (κ3) is 4.87. The van der Waals surface area contributed by atoms with E-state index in [0.29, 0.717) is 6.54 Å². The Morgan fingerprint density at radius 3 is 2.82 bits per heavy atom. The second-order valence-electron chi connectivity index (χ2n) is 5.06. The Bertz CT molecular complexity index is 598. The molecular formula is C14H24N8. The number of nitrogens with one attached hydrogen (secondary N) is 2. The number of nitrogens with zero attached hydrogens (tertiary/aromatic N) is 6. The molecular weight excluding hydrogens is 280 g/mol. The molecule has 0 aliphatic heterocycles. The van der Waals surface area contributed by atoms with Crippen molar-refractivity contribution in [2.24, 2.45) is 12.0 Å². The highest BCUT2D eigenvalue weighted by molar-refractivity contribution is 5.79. The molecule has 0 bridgehead atoms. The van der Waals surface area contributed by atoms with Crippen molar-refractivity contribution in [3.63, 3.8) is 0 Å². The van der Waals surface area contributed by atoms with Crippen LogP contribution in [0.3, 0.4) is 0 Å². The maximum Gasteiger partial charge on any atom is 0.191 e. The van der Waals surface area contributed by atoms with Crippen LogP contribution in [0.1, 0.15) is 24.7 Å². The van der Waals surface area contributed by atoms with E-state index in [1.54, 1.807) is 4.68 Å². The van der Waals surface area contributed by atoms with Crippen molar-refractivity contribution in [3.05, 3.63) is 30.1 Å². The minimum absolute atomic E-state index is 0.504. The fourth-order valence-corrected chi connectivity index (χ4v) is 1.99. The summed E-state index contributed by atoms with van der Waals surface area (Å²) in [6, 6.07) is 0. The number of hydrogen-bond donors (Lipinski definition) is 2. The maximum absolute atomic E-state index is 4.51. The first-order valence-electron chi connectivity index (χ1n) is 7.53. The molecule has 120 valence electrons. The van der Waals surface area contributed by atoms with E-state index in [1.807, 2.05) is 38.0 Å². The van der Waals surface area contributed by atoms with E-state index in [0.717, 1.165) is 37.8 Å². The summed E-state index contributed by atoms with van der Waals surface area (Å²) in [6.45, 7) is 7.15. The molecule has 8 nitrogen and oxygen atoms in total. The first-order chi connectivity index (χ1) is 10.7. The largest absolute Gasteiger partial charge is 0.357 e. The molecule has 8 heteroatoms. The Morgan fingerprint density at radius 2 is 2.18 bits per heavy atom. The lowest BCUT2D eigenvalue weighted by atomic mass is 10.4. The zero-order valence-corrected chi connectivity index (χ0v) is 13.5. The van der Waals surface area contributed by atoms with E-state index in [1.165, 1.54) is 11.9 Å². The summed E-state index contributed by atoms with van der Waals surface area (Å²) in [7, 11) is 1.87. The predicted molar refractivity (Wildman–Crippen MR) is 85.4 cm³/mol. The molecule has 2 aromatic heterocycles. The van der Waals surface area contributed by atoms with Gasteiger partial charge in [0.05, 0.1) is 6.20 Å².